The fourth-order valence-corrected chi connectivity index (χ4v) is 0.842. The van der Waals surface area contributed by atoms with E-state index in [1.807, 2.05) is 6.92 Å². The van der Waals surface area contributed by atoms with Gasteiger partial charge in [-0.05, 0) is 12.0 Å². The molecule has 5 heteroatoms. The van der Waals surface area contributed by atoms with Crippen LogP contribution < -0.4 is 22.3 Å². The second-order valence-corrected chi connectivity index (χ2v) is 2.71. The molecule has 0 aromatic heterocycles. The highest BCUT2D eigenvalue weighted by Crippen LogP contribution is 2.05. The van der Waals surface area contributed by atoms with Crippen LogP contribution in [0.2, 0.25) is 0 Å². The molecule has 0 saturated carbocycles. The minimum Gasteiger partial charge on any atom is -0.397 e. The largest absolute Gasteiger partial charge is 0.397 e. The van der Waals surface area contributed by atoms with E-state index in [1.165, 1.54) is 6.20 Å². The molecular formula is C9H18N4O. The van der Waals surface area contributed by atoms with Gasteiger partial charge in [-0.15, -0.1) is 0 Å². The van der Waals surface area contributed by atoms with Crippen molar-refractivity contribution < 1.29 is 4.79 Å². The maximum Gasteiger partial charge on any atom is 0.223 e. The Bertz CT molecular complexity index is 245. The lowest BCUT2D eigenvalue weighted by Gasteiger charge is -2.05. The normalized spacial score (nSPS) is 12.5. The number of amides is 1. The van der Waals surface area contributed by atoms with Crippen LogP contribution in [0.25, 0.3) is 0 Å². The smallest absolute Gasteiger partial charge is 0.223 e. The van der Waals surface area contributed by atoms with Crippen molar-refractivity contribution in [2.24, 2.45) is 11.6 Å². The summed E-state index contributed by atoms with van der Waals surface area (Å²) in [4.78, 5) is 11.0. The van der Waals surface area contributed by atoms with E-state index >= 15 is 0 Å². The van der Waals surface area contributed by atoms with E-state index in [-0.39, 0.29) is 5.91 Å². The highest BCUT2D eigenvalue weighted by Gasteiger charge is 1.99. The zero-order chi connectivity index (χ0) is 11.0. The maximum atomic E-state index is 11.0. The Morgan fingerprint density at radius 2 is 1.93 bits per heavy atom. The number of nitrogens with one attached hydrogen (secondary N) is 2. The SMILES string of the molecule is CCC(=O)N/C=C(CC)/C(N)=C/NN. The number of hydrogen-bond acceptors (Lipinski definition) is 4. The van der Waals surface area contributed by atoms with Crippen LogP contribution in [0.5, 0.6) is 0 Å². The summed E-state index contributed by atoms with van der Waals surface area (Å²) in [7, 11) is 0. The van der Waals surface area contributed by atoms with Crippen molar-refractivity contribution >= 4 is 5.91 Å². The highest BCUT2D eigenvalue weighted by atomic mass is 16.1. The number of rotatable bonds is 5. The van der Waals surface area contributed by atoms with E-state index in [2.05, 4.69) is 10.7 Å². The Hall–Kier alpha value is -1.49. The molecule has 0 aliphatic rings. The molecule has 0 bridgehead atoms. The molecule has 0 aromatic rings. The first kappa shape index (κ1) is 12.5. The van der Waals surface area contributed by atoms with Gasteiger partial charge in [-0.3, -0.25) is 10.6 Å². The summed E-state index contributed by atoms with van der Waals surface area (Å²) in [5, 5.41) is 2.63. The van der Waals surface area contributed by atoms with Gasteiger partial charge < -0.3 is 16.5 Å². The van der Waals surface area contributed by atoms with Crippen molar-refractivity contribution in [1.82, 2.24) is 10.7 Å². The molecule has 5 nitrogen and oxygen atoms in total. The van der Waals surface area contributed by atoms with Crippen molar-refractivity contribution in [2.45, 2.75) is 26.7 Å². The van der Waals surface area contributed by atoms with Crippen LogP contribution in [0.3, 0.4) is 0 Å². The lowest BCUT2D eigenvalue weighted by molar-refractivity contribution is -0.119. The van der Waals surface area contributed by atoms with Crippen molar-refractivity contribution in [3.8, 4) is 0 Å². The molecule has 0 heterocycles. The molecule has 6 N–H and O–H groups in total. The molecule has 14 heavy (non-hydrogen) atoms. The standard InChI is InChI=1S/C9H18N4O/c1-3-7(8(10)6-13-11)5-12-9(14)4-2/h5-6,13H,3-4,10-11H2,1-2H3,(H,12,14)/b7-5+,8-6-. The summed E-state index contributed by atoms with van der Waals surface area (Å²) in [6.45, 7) is 3.73. The highest BCUT2D eigenvalue weighted by molar-refractivity contribution is 5.76. The van der Waals surface area contributed by atoms with E-state index in [0.29, 0.717) is 12.1 Å². The summed E-state index contributed by atoms with van der Waals surface area (Å²) < 4.78 is 0. The van der Waals surface area contributed by atoms with Crippen LogP contribution >= 0.6 is 0 Å². The Balaban J connectivity index is 4.39. The minimum absolute atomic E-state index is 0.0375. The lowest BCUT2D eigenvalue weighted by atomic mass is 10.2. The molecule has 0 unspecified atom stereocenters. The zero-order valence-corrected chi connectivity index (χ0v) is 8.63. The molecule has 0 saturated heterocycles. The third-order valence-corrected chi connectivity index (χ3v) is 1.72. The number of hydrazine groups is 1. The summed E-state index contributed by atoms with van der Waals surface area (Å²) in [5.41, 5.74) is 9.37. The van der Waals surface area contributed by atoms with E-state index in [1.54, 1.807) is 13.1 Å². The summed E-state index contributed by atoms with van der Waals surface area (Å²) in [5.74, 6) is 5.05. The van der Waals surface area contributed by atoms with Crippen molar-refractivity contribution in [3.05, 3.63) is 23.7 Å². The van der Waals surface area contributed by atoms with Crippen LogP contribution in [0.1, 0.15) is 26.7 Å². The van der Waals surface area contributed by atoms with Gasteiger partial charge in [0.05, 0.1) is 5.70 Å². The molecule has 0 radical (unpaired) electrons. The molecule has 0 rings (SSSR count). The third kappa shape index (κ3) is 4.51. The molecule has 0 atom stereocenters. The lowest BCUT2D eigenvalue weighted by Crippen LogP contribution is -2.20. The molecule has 0 aliphatic heterocycles. The number of hydrogen-bond donors (Lipinski definition) is 4. The quantitative estimate of drug-likeness (QED) is 0.286. The monoisotopic (exact) mass is 198 g/mol. The fraction of sp³-hybridized carbons (Fsp3) is 0.444. The van der Waals surface area contributed by atoms with Crippen LogP contribution in [0.4, 0.5) is 0 Å². The number of carbonyl (C=O) groups is 1. The first-order valence-electron chi connectivity index (χ1n) is 4.56. The Labute approximate surface area is 84.2 Å². The number of allylic oxidation sites excluding steroid dienone is 1. The molecule has 0 spiro atoms. The van der Waals surface area contributed by atoms with Crippen LogP contribution in [0, 0.1) is 0 Å². The summed E-state index contributed by atoms with van der Waals surface area (Å²) in [6, 6.07) is 0. The van der Waals surface area contributed by atoms with Gasteiger partial charge in [0.25, 0.3) is 0 Å². The second kappa shape index (κ2) is 6.97. The third-order valence-electron chi connectivity index (χ3n) is 1.72. The van der Waals surface area contributed by atoms with Crippen LogP contribution in [-0.4, -0.2) is 5.91 Å². The van der Waals surface area contributed by atoms with Crippen molar-refractivity contribution in [1.29, 1.82) is 0 Å². The van der Waals surface area contributed by atoms with Gasteiger partial charge in [-0.25, -0.2) is 0 Å². The Morgan fingerprint density at radius 1 is 1.29 bits per heavy atom. The molecular weight excluding hydrogens is 180 g/mol. The van der Waals surface area contributed by atoms with Crippen molar-refractivity contribution in [2.75, 3.05) is 0 Å². The van der Waals surface area contributed by atoms with Gasteiger partial charge in [-0.2, -0.15) is 0 Å². The van der Waals surface area contributed by atoms with E-state index in [9.17, 15) is 4.79 Å². The topological polar surface area (TPSA) is 93.2 Å². The Morgan fingerprint density at radius 3 is 2.36 bits per heavy atom. The van der Waals surface area contributed by atoms with Crippen LogP contribution in [0.15, 0.2) is 23.7 Å². The molecule has 0 fully saturated rings. The van der Waals surface area contributed by atoms with Gasteiger partial charge in [0.15, 0.2) is 0 Å². The first-order chi connectivity index (χ1) is 6.65. The maximum absolute atomic E-state index is 11.0. The summed E-state index contributed by atoms with van der Waals surface area (Å²) in [6.07, 6.45) is 4.27. The Kier molecular flexibility index (Phi) is 6.22. The molecule has 1 amide bonds. The van der Waals surface area contributed by atoms with Gasteiger partial charge in [-0.1, -0.05) is 13.8 Å². The first-order valence-corrected chi connectivity index (χ1v) is 4.56. The van der Waals surface area contributed by atoms with Crippen LogP contribution in [-0.2, 0) is 4.79 Å². The van der Waals surface area contributed by atoms with Gasteiger partial charge in [0, 0.05) is 18.8 Å². The van der Waals surface area contributed by atoms with Gasteiger partial charge >= 0.3 is 0 Å². The van der Waals surface area contributed by atoms with E-state index in [4.69, 9.17) is 11.6 Å². The predicted molar refractivity (Wildman–Crippen MR) is 56.4 cm³/mol. The van der Waals surface area contributed by atoms with Crippen molar-refractivity contribution in [3.63, 3.8) is 0 Å². The molecule has 80 valence electrons. The fourth-order valence-electron chi connectivity index (χ4n) is 0.842. The average molecular weight is 198 g/mol. The van der Waals surface area contributed by atoms with Gasteiger partial charge in [0.2, 0.25) is 5.91 Å². The van der Waals surface area contributed by atoms with E-state index in [0.717, 1.165) is 12.0 Å². The average Bonchev–Trinajstić information content (AvgIpc) is 2.18. The molecule has 0 aromatic carbocycles. The zero-order valence-electron chi connectivity index (χ0n) is 8.63. The predicted octanol–water partition coefficient (Wildman–Crippen LogP) is 0.0699. The summed E-state index contributed by atoms with van der Waals surface area (Å²) >= 11 is 0. The van der Waals surface area contributed by atoms with E-state index < -0.39 is 0 Å². The van der Waals surface area contributed by atoms with Gasteiger partial charge in [0.1, 0.15) is 0 Å². The number of nitrogens with two attached hydrogens (primary N) is 2. The molecule has 0 aliphatic carbocycles. The second-order valence-electron chi connectivity index (χ2n) is 2.71. The number of carbonyl (C=O) groups excluding carboxylic acids is 1. The minimum atomic E-state index is -0.0375.